The van der Waals surface area contributed by atoms with Gasteiger partial charge >= 0.3 is 0 Å². The number of hydrogen-bond donors (Lipinski definition) is 2. The Balaban J connectivity index is 0.00000261. The molecule has 6 nitrogen and oxygen atoms in total. The van der Waals surface area contributed by atoms with Crippen LogP contribution < -0.4 is 10.6 Å². The minimum Gasteiger partial charge on any atom is -0.380 e. The van der Waals surface area contributed by atoms with Crippen molar-refractivity contribution in [3.63, 3.8) is 0 Å². The zero-order valence-electron chi connectivity index (χ0n) is 15.9. The van der Waals surface area contributed by atoms with Crippen molar-refractivity contribution in [2.45, 2.75) is 38.3 Å². The molecule has 2 unspecified atom stereocenters. The van der Waals surface area contributed by atoms with E-state index < -0.39 is 0 Å². The Morgan fingerprint density at radius 3 is 2.67 bits per heavy atom. The van der Waals surface area contributed by atoms with Gasteiger partial charge in [-0.1, -0.05) is 12.1 Å². The Kier molecular flexibility index (Phi) is 8.54. The molecule has 0 spiro atoms. The van der Waals surface area contributed by atoms with Crippen molar-refractivity contribution >= 4 is 24.2 Å². The summed E-state index contributed by atoms with van der Waals surface area (Å²) in [6.07, 6.45) is 4.01. The van der Waals surface area contributed by atoms with E-state index in [-0.39, 0.29) is 30.3 Å². The number of hydrogen-bond acceptors (Lipinski definition) is 4. The van der Waals surface area contributed by atoms with Crippen molar-refractivity contribution in [3.05, 3.63) is 35.4 Å². The van der Waals surface area contributed by atoms with E-state index >= 15 is 0 Å². The van der Waals surface area contributed by atoms with E-state index in [1.54, 1.807) is 7.11 Å². The van der Waals surface area contributed by atoms with Gasteiger partial charge in [-0.15, -0.1) is 12.4 Å². The number of amides is 2. The lowest BCUT2D eigenvalue weighted by atomic mass is 9.97. The summed E-state index contributed by atoms with van der Waals surface area (Å²) in [5, 5.41) is 6.28. The van der Waals surface area contributed by atoms with Gasteiger partial charge in [-0.3, -0.25) is 9.59 Å². The molecule has 1 aromatic rings. The minimum absolute atomic E-state index is 0. The van der Waals surface area contributed by atoms with Gasteiger partial charge in [0.15, 0.2) is 0 Å². The molecule has 1 aromatic carbocycles. The van der Waals surface area contributed by atoms with Crippen LogP contribution >= 0.6 is 12.4 Å². The van der Waals surface area contributed by atoms with E-state index in [2.05, 4.69) is 10.6 Å². The topological polar surface area (TPSA) is 70.7 Å². The summed E-state index contributed by atoms with van der Waals surface area (Å²) in [4.78, 5) is 26.8. The van der Waals surface area contributed by atoms with Crippen LogP contribution in [0.2, 0.25) is 0 Å². The van der Waals surface area contributed by atoms with Gasteiger partial charge in [0, 0.05) is 32.3 Å². The standard InChI is InChI=1S/C20H29N3O3.ClH/c1-26-14-15-6-8-17(9-7-15)20(25)23-11-3-4-16(13-23)12-22-19(24)18-5-2-10-21-18;/h6-9,16,18,21H,2-5,10-14H2,1H3,(H,22,24);1H. The van der Waals surface area contributed by atoms with Crippen LogP contribution in [0.1, 0.15) is 41.6 Å². The molecule has 2 fully saturated rings. The molecule has 3 rings (SSSR count). The van der Waals surface area contributed by atoms with Crippen LogP contribution in [0.25, 0.3) is 0 Å². The van der Waals surface area contributed by atoms with E-state index in [4.69, 9.17) is 4.74 Å². The van der Waals surface area contributed by atoms with Crippen LogP contribution in [0.15, 0.2) is 24.3 Å². The third-order valence-corrected chi connectivity index (χ3v) is 5.26. The molecule has 0 saturated carbocycles. The number of halogens is 1. The first-order chi connectivity index (χ1) is 12.7. The van der Waals surface area contributed by atoms with Crippen molar-refractivity contribution in [1.82, 2.24) is 15.5 Å². The summed E-state index contributed by atoms with van der Waals surface area (Å²) in [6.45, 7) is 3.61. The molecule has 2 aliphatic heterocycles. The molecule has 2 saturated heterocycles. The highest BCUT2D eigenvalue weighted by Gasteiger charge is 2.26. The van der Waals surface area contributed by atoms with Crippen molar-refractivity contribution < 1.29 is 14.3 Å². The van der Waals surface area contributed by atoms with Crippen LogP contribution in [0.5, 0.6) is 0 Å². The molecule has 0 aliphatic carbocycles. The predicted octanol–water partition coefficient (Wildman–Crippen LogP) is 1.98. The van der Waals surface area contributed by atoms with Crippen molar-refractivity contribution in [2.75, 3.05) is 33.3 Å². The average Bonchev–Trinajstić information content (AvgIpc) is 3.22. The van der Waals surface area contributed by atoms with Gasteiger partial charge in [0.1, 0.15) is 0 Å². The lowest BCUT2D eigenvalue weighted by molar-refractivity contribution is -0.123. The minimum atomic E-state index is -0.0399. The van der Waals surface area contributed by atoms with E-state index in [9.17, 15) is 9.59 Å². The van der Waals surface area contributed by atoms with E-state index in [0.29, 0.717) is 31.2 Å². The van der Waals surface area contributed by atoms with E-state index in [1.807, 2.05) is 29.2 Å². The summed E-state index contributed by atoms with van der Waals surface area (Å²) in [6, 6.07) is 7.57. The second-order valence-corrected chi connectivity index (χ2v) is 7.28. The molecule has 2 amide bonds. The number of methoxy groups -OCH3 is 1. The van der Waals surface area contributed by atoms with Crippen molar-refractivity contribution in [3.8, 4) is 0 Å². The number of rotatable bonds is 6. The van der Waals surface area contributed by atoms with Gasteiger partial charge in [-0.05, 0) is 55.8 Å². The highest BCUT2D eigenvalue weighted by atomic mass is 35.5. The molecule has 0 radical (unpaired) electrons. The Morgan fingerprint density at radius 1 is 1.22 bits per heavy atom. The summed E-state index contributed by atoms with van der Waals surface area (Å²) in [5.41, 5.74) is 1.77. The quantitative estimate of drug-likeness (QED) is 0.772. The van der Waals surface area contributed by atoms with Crippen LogP contribution in [-0.4, -0.2) is 56.0 Å². The first-order valence-electron chi connectivity index (χ1n) is 9.55. The molecule has 2 atom stereocenters. The number of carbonyl (C=O) groups excluding carboxylic acids is 2. The van der Waals surface area contributed by atoms with Crippen LogP contribution in [0.3, 0.4) is 0 Å². The van der Waals surface area contributed by atoms with Gasteiger partial charge in [0.25, 0.3) is 5.91 Å². The first kappa shape index (κ1) is 21.7. The van der Waals surface area contributed by atoms with E-state index in [1.165, 1.54) is 0 Å². The van der Waals surface area contributed by atoms with Gasteiger partial charge < -0.3 is 20.3 Å². The number of carbonyl (C=O) groups is 2. The fourth-order valence-electron chi connectivity index (χ4n) is 3.79. The Morgan fingerprint density at radius 2 is 2.00 bits per heavy atom. The molecular formula is C20H30ClN3O3. The highest BCUT2D eigenvalue weighted by molar-refractivity contribution is 5.94. The molecule has 0 aromatic heterocycles. The lowest BCUT2D eigenvalue weighted by Crippen LogP contribution is -2.46. The maximum absolute atomic E-state index is 12.8. The summed E-state index contributed by atoms with van der Waals surface area (Å²) < 4.78 is 5.11. The number of piperidine rings is 1. The number of benzene rings is 1. The maximum atomic E-state index is 12.8. The zero-order valence-corrected chi connectivity index (χ0v) is 16.7. The Labute approximate surface area is 167 Å². The highest BCUT2D eigenvalue weighted by Crippen LogP contribution is 2.19. The monoisotopic (exact) mass is 395 g/mol. The maximum Gasteiger partial charge on any atom is 0.253 e. The first-order valence-corrected chi connectivity index (χ1v) is 9.55. The van der Waals surface area contributed by atoms with Crippen LogP contribution in [0.4, 0.5) is 0 Å². The van der Waals surface area contributed by atoms with Gasteiger partial charge in [0.2, 0.25) is 5.91 Å². The molecule has 2 aliphatic rings. The molecule has 2 heterocycles. The Hall–Kier alpha value is -1.63. The zero-order chi connectivity index (χ0) is 18.4. The predicted molar refractivity (Wildman–Crippen MR) is 107 cm³/mol. The fourth-order valence-corrected chi connectivity index (χ4v) is 3.79. The normalized spacial score (nSPS) is 22.2. The smallest absolute Gasteiger partial charge is 0.253 e. The number of nitrogens with zero attached hydrogens (tertiary/aromatic N) is 1. The molecular weight excluding hydrogens is 366 g/mol. The molecule has 7 heteroatoms. The Bertz CT molecular complexity index is 617. The summed E-state index contributed by atoms with van der Waals surface area (Å²) >= 11 is 0. The second kappa shape index (κ2) is 10.6. The van der Waals surface area contributed by atoms with Gasteiger partial charge in [0.05, 0.1) is 12.6 Å². The van der Waals surface area contributed by atoms with Crippen LogP contribution in [0, 0.1) is 5.92 Å². The second-order valence-electron chi connectivity index (χ2n) is 7.28. The third-order valence-electron chi connectivity index (χ3n) is 5.26. The fraction of sp³-hybridized carbons (Fsp3) is 0.600. The van der Waals surface area contributed by atoms with Gasteiger partial charge in [-0.25, -0.2) is 0 Å². The van der Waals surface area contributed by atoms with Gasteiger partial charge in [-0.2, -0.15) is 0 Å². The van der Waals surface area contributed by atoms with Crippen molar-refractivity contribution in [2.24, 2.45) is 5.92 Å². The summed E-state index contributed by atoms with van der Waals surface area (Å²) in [7, 11) is 1.66. The molecule has 27 heavy (non-hydrogen) atoms. The number of nitrogens with one attached hydrogen (secondary N) is 2. The largest absolute Gasteiger partial charge is 0.380 e. The lowest BCUT2D eigenvalue weighted by Gasteiger charge is -2.33. The van der Waals surface area contributed by atoms with E-state index in [0.717, 1.165) is 44.3 Å². The summed E-state index contributed by atoms with van der Waals surface area (Å²) in [5.74, 6) is 0.493. The van der Waals surface area contributed by atoms with Crippen LogP contribution in [-0.2, 0) is 16.1 Å². The molecule has 0 bridgehead atoms. The van der Waals surface area contributed by atoms with Crippen molar-refractivity contribution in [1.29, 1.82) is 0 Å². The number of likely N-dealkylation sites (tertiary alicyclic amines) is 1. The average molecular weight is 396 g/mol. The molecule has 2 N–H and O–H groups in total. The SMILES string of the molecule is COCc1ccc(C(=O)N2CCCC(CNC(=O)C3CCCN3)C2)cc1.Cl. The molecule has 150 valence electrons. The number of ether oxygens (including phenoxy) is 1. The third kappa shape index (κ3) is 5.92.